The van der Waals surface area contributed by atoms with Gasteiger partial charge in [0.25, 0.3) is 0 Å². The van der Waals surface area contributed by atoms with Crippen LogP contribution in [0.5, 0.6) is 5.75 Å². The molecule has 0 atom stereocenters. The number of rotatable bonds is 5. The quantitative estimate of drug-likeness (QED) is 0.430. The second kappa shape index (κ2) is 7.40. The molecule has 0 radical (unpaired) electrons. The van der Waals surface area contributed by atoms with Crippen molar-refractivity contribution in [1.29, 1.82) is 0 Å². The van der Waals surface area contributed by atoms with Crippen LogP contribution in [0.3, 0.4) is 0 Å². The van der Waals surface area contributed by atoms with Crippen molar-refractivity contribution in [1.82, 2.24) is 4.57 Å². The first kappa shape index (κ1) is 18.9. The van der Waals surface area contributed by atoms with Crippen LogP contribution in [0.1, 0.15) is 49.7 Å². The summed E-state index contributed by atoms with van der Waals surface area (Å²) >= 11 is 0. The number of methoxy groups -OCH3 is 1. The second-order valence-corrected chi connectivity index (χ2v) is 10.1. The largest absolute Gasteiger partial charge is 0.497 e. The summed E-state index contributed by atoms with van der Waals surface area (Å²) in [5.41, 5.74) is 5.27. The highest BCUT2D eigenvalue weighted by molar-refractivity contribution is 5.81. The van der Waals surface area contributed by atoms with E-state index in [9.17, 15) is 0 Å². The Balaban J connectivity index is 1.17. The van der Waals surface area contributed by atoms with Crippen LogP contribution in [0.25, 0.3) is 5.69 Å². The molecule has 0 saturated heterocycles. The summed E-state index contributed by atoms with van der Waals surface area (Å²) in [6, 6.07) is 19.3. The average molecular weight is 411 g/mol. The Hall–Kier alpha value is -2.81. The van der Waals surface area contributed by atoms with Gasteiger partial charge >= 0.3 is 0 Å². The molecule has 158 valence electrons. The Morgan fingerprint density at radius 2 is 1.52 bits per heavy atom. The van der Waals surface area contributed by atoms with Crippen molar-refractivity contribution < 1.29 is 4.74 Å². The number of aromatic nitrogens is 1. The molecule has 7 rings (SSSR count). The number of benzene rings is 2. The molecule has 0 N–H and O–H groups in total. The van der Waals surface area contributed by atoms with E-state index in [4.69, 9.17) is 9.73 Å². The Morgan fingerprint density at radius 3 is 2.13 bits per heavy atom. The summed E-state index contributed by atoms with van der Waals surface area (Å²) < 4.78 is 7.35. The normalized spacial score (nSPS) is 29.0. The number of hydrogen-bond acceptors (Lipinski definition) is 2. The molecule has 4 aliphatic rings. The van der Waals surface area contributed by atoms with Gasteiger partial charge in [0, 0.05) is 29.9 Å². The van der Waals surface area contributed by atoms with Gasteiger partial charge in [-0.05, 0) is 110 Å². The standard InChI is InChI=1S/C28H30N2O/c1-31-27-8-6-26(7-9-27)30-11-10-20(19-30)18-29-25-4-2-24(3-5-25)28-15-21-12-22(16-28)14-23(13-21)17-28/h2-11,18-19,21-23H,12-17H2,1H3. The number of hydrogen-bond donors (Lipinski definition) is 0. The van der Waals surface area contributed by atoms with Crippen LogP contribution in [-0.2, 0) is 5.41 Å². The van der Waals surface area contributed by atoms with E-state index >= 15 is 0 Å². The van der Waals surface area contributed by atoms with Crippen LogP contribution >= 0.6 is 0 Å². The summed E-state index contributed by atoms with van der Waals surface area (Å²) in [5.74, 6) is 3.82. The van der Waals surface area contributed by atoms with Crippen molar-refractivity contribution >= 4 is 11.9 Å². The molecule has 0 amide bonds. The molecule has 1 heterocycles. The monoisotopic (exact) mass is 410 g/mol. The first-order valence-electron chi connectivity index (χ1n) is 11.7. The van der Waals surface area contributed by atoms with Gasteiger partial charge in [0.1, 0.15) is 5.75 Å². The molecule has 0 aliphatic heterocycles. The van der Waals surface area contributed by atoms with Crippen LogP contribution < -0.4 is 4.74 Å². The molecule has 3 nitrogen and oxygen atoms in total. The highest BCUT2D eigenvalue weighted by Gasteiger charge is 2.51. The molecule has 0 unspecified atom stereocenters. The first-order chi connectivity index (χ1) is 15.2. The fourth-order valence-electron chi connectivity index (χ4n) is 6.92. The Kier molecular flexibility index (Phi) is 4.52. The van der Waals surface area contributed by atoms with Gasteiger partial charge in [-0.1, -0.05) is 12.1 Å². The van der Waals surface area contributed by atoms with Crippen LogP contribution in [0.2, 0.25) is 0 Å². The third kappa shape index (κ3) is 3.50. The predicted octanol–water partition coefficient (Wildman–Crippen LogP) is 6.70. The number of aliphatic imine (C=N–C) groups is 1. The lowest BCUT2D eigenvalue weighted by Crippen LogP contribution is -2.48. The van der Waals surface area contributed by atoms with Crippen LogP contribution in [0, 0.1) is 17.8 Å². The van der Waals surface area contributed by atoms with Crippen molar-refractivity contribution in [3.63, 3.8) is 0 Å². The molecule has 2 aromatic carbocycles. The van der Waals surface area contributed by atoms with Gasteiger partial charge in [-0.25, -0.2) is 0 Å². The van der Waals surface area contributed by atoms with Crippen LogP contribution in [0.4, 0.5) is 5.69 Å². The average Bonchev–Trinajstić information content (AvgIpc) is 3.26. The molecular formula is C28H30N2O. The summed E-state index contributed by atoms with van der Waals surface area (Å²) in [4.78, 5) is 4.74. The fraction of sp³-hybridized carbons (Fsp3) is 0.393. The highest BCUT2D eigenvalue weighted by Crippen LogP contribution is 2.60. The minimum atomic E-state index is 0.465. The van der Waals surface area contributed by atoms with Crippen molar-refractivity contribution in [2.75, 3.05) is 7.11 Å². The molecule has 0 spiro atoms. The van der Waals surface area contributed by atoms with Crippen molar-refractivity contribution in [2.45, 2.75) is 43.9 Å². The molecule has 3 aromatic rings. The molecule has 4 saturated carbocycles. The van der Waals surface area contributed by atoms with Gasteiger partial charge in [0.05, 0.1) is 12.8 Å². The van der Waals surface area contributed by atoms with Gasteiger partial charge in [-0.15, -0.1) is 0 Å². The van der Waals surface area contributed by atoms with E-state index < -0.39 is 0 Å². The summed E-state index contributed by atoms with van der Waals surface area (Å²) in [5, 5.41) is 0. The lowest BCUT2D eigenvalue weighted by molar-refractivity contribution is -0.00518. The number of ether oxygens (including phenoxy) is 1. The molecule has 4 bridgehead atoms. The van der Waals surface area contributed by atoms with Crippen LogP contribution in [0.15, 0.2) is 72.0 Å². The molecular weight excluding hydrogens is 380 g/mol. The molecule has 31 heavy (non-hydrogen) atoms. The molecule has 1 aromatic heterocycles. The third-order valence-electron chi connectivity index (χ3n) is 7.97. The van der Waals surface area contributed by atoms with E-state index in [2.05, 4.69) is 59.4 Å². The SMILES string of the molecule is COc1ccc(-n2ccc(C=Nc3ccc(C45CC6CC(CC(C6)C4)C5)cc3)c2)cc1. The lowest BCUT2D eigenvalue weighted by atomic mass is 9.48. The van der Waals surface area contributed by atoms with E-state index in [1.54, 1.807) is 12.7 Å². The molecule has 4 fully saturated rings. The van der Waals surface area contributed by atoms with E-state index in [1.165, 1.54) is 38.5 Å². The van der Waals surface area contributed by atoms with Crippen LogP contribution in [-0.4, -0.2) is 17.9 Å². The lowest BCUT2D eigenvalue weighted by Gasteiger charge is -2.57. The highest BCUT2D eigenvalue weighted by atomic mass is 16.5. The zero-order valence-electron chi connectivity index (χ0n) is 18.2. The smallest absolute Gasteiger partial charge is 0.119 e. The summed E-state index contributed by atoms with van der Waals surface area (Å²) in [7, 11) is 1.69. The Morgan fingerprint density at radius 1 is 0.871 bits per heavy atom. The zero-order chi connectivity index (χ0) is 20.8. The van der Waals surface area contributed by atoms with E-state index in [0.29, 0.717) is 5.41 Å². The Labute approximate surface area is 184 Å². The van der Waals surface area contributed by atoms with Gasteiger partial charge in [-0.3, -0.25) is 4.99 Å². The van der Waals surface area contributed by atoms with Crippen molar-refractivity contribution in [2.24, 2.45) is 22.7 Å². The molecule has 4 aliphatic carbocycles. The Bertz CT molecular complexity index is 1060. The van der Waals surface area contributed by atoms with Crippen molar-refractivity contribution in [3.8, 4) is 11.4 Å². The maximum Gasteiger partial charge on any atom is 0.119 e. The van der Waals surface area contributed by atoms with E-state index in [0.717, 1.165) is 40.4 Å². The third-order valence-corrected chi connectivity index (χ3v) is 7.97. The second-order valence-electron chi connectivity index (χ2n) is 10.1. The minimum absolute atomic E-state index is 0.465. The maximum atomic E-state index is 5.24. The van der Waals surface area contributed by atoms with Gasteiger partial charge < -0.3 is 9.30 Å². The maximum absolute atomic E-state index is 5.24. The molecule has 3 heteroatoms. The van der Waals surface area contributed by atoms with E-state index in [1.807, 2.05) is 18.3 Å². The predicted molar refractivity (Wildman–Crippen MR) is 126 cm³/mol. The topological polar surface area (TPSA) is 26.5 Å². The van der Waals surface area contributed by atoms with Gasteiger partial charge in [0.15, 0.2) is 0 Å². The zero-order valence-corrected chi connectivity index (χ0v) is 18.2. The fourth-order valence-corrected chi connectivity index (χ4v) is 6.92. The van der Waals surface area contributed by atoms with Gasteiger partial charge in [0.2, 0.25) is 0 Å². The number of nitrogens with zero attached hydrogens (tertiary/aromatic N) is 2. The summed E-state index contributed by atoms with van der Waals surface area (Å²) in [6.07, 6.45) is 14.9. The van der Waals surface area contributed by atoms with Gasteiger partial charge in [-0.2, -0.15) is 0 Å². The van der Waals surface area contributed by atoms with E-state index in [-0.39, 0.29) is 0 Å². The first-order valence-corrected chi connectivity index (χ1v) is 11.7. The minimum Gasteiger partial charge on any atom is -0.497 e. The summed E-state index contributed by atoms with van der Waals surface area (Å²) in [6.45, 7) is 0. The van der Waals surface area contributed by atoms with Crippen molar-refractivity contribution in [3.05, 3.63) is 78.1 Å².